The van der Waals surface area contributed by atoms with Gasteiger partial charge in [-0.2, -0.15) is 0 Å². The zero-order valence-electron chi connectivity index (χ0n) is 33.0. The Balaban J connectivity index is -0.00000127. The van der Waals surface area contributed by atoms with Crippen LogP contribution in [-0.4, -0.2) is 26.4 Å². The summed E-state index contributed by atoms with van der Waals surface area (Å²) in [4.78, 5) is 0. The van der Waals surface area contributed by atoms with Gasteiger partial charge in [-0.3, -0.25) is 0 Å². The zero-order chi connectivity index (χ0) is 35.4. The summed E-state index contributed by atoms with van der Waals surface area (Å²) in [5.74, 6) is 2.30. The van der Waals surface area contributed by atoms with Gasteiger partial charge in [-0.05, 0) is 83.2 Å². The van der Waals surface area contributed by atoms with E-state index >= 15 is 0 Å². The van der Waals surface area contributed by atoms with Crippen molar-refractivity contribution in [1.29, 1.82) is 0 Å². The van der Waals surface area contributed by atoms with Crippen LogP contribution in [0, 0.1) is 6.92 Å². The molecule has 0 bridgehead atoms. The van der Waals surface area contributed by atoms with Gasteiger partial charge in [0.1, 0.15) is 23.7 Å². The molecule has 4 nitrogen and oxygen atoms in total. The van der Waals surface area contributed by atoms with Gasteiger partial charge in [0.2, 0.25) is 0 Å². The van der Waals surface area contributed by atoms with Crippen molar-refractivity contribution < 1.29 is 18.9 Å². The van der Waals surface area contributed by atoms with Gasteiger partial charge < -0.3 is 18.9 Å². The number of unbranched alkanes of at least 4 members (excludes halogenated alkanes) is 2. The summed E-state index contributed by atoms with van der Waals surface area (Å²) in [6.45, 7) is 31.8. The molecule has 0 saturated heterocycles. The molecule has 3 unspecified atom stereocenters. The third-order valence-corrected chi connectivity index (χ3v) is 7.02. The first-order chi connectivity index (χ1) is 21.5. The molecule has 0 aliphatic carbocycles. The first-order valence-electron chi connectivity index (χ1n) is 18.1. The third kappa shape index (κ3) is 19.9. The molecule has 45 heavy (non-hydrogen) atoms. The van der Waals surface area contributed by atoms with E-state index in [1.807, 2.05) is 41.5 Å². The van der Waals surface area contributed by atoms with Crippen molar-refractivity contribution in [2.45, 2.75) is 173 Å². The van der Waals surface area contributed by atoms with Gasteiger partial charge in [0.25, 0.3) is 0 Å². The lowest BCUT2D eigenvalue weighted by Crippen LogP contribution is -2.36. The van der Waals surface area contributed by atoms with Crippen LogP contribution >= 0.6 is 0 Å². The number of aryl methyl sites for hydroxylation is 1. The normalized spacial score (nSPS) is 12.3. The standard InChI is InChI=1S/C29H44O4.C5H12.C3H8.2C2H6/c1-10-12-23(11-2)24-13-15-25(16-14-24)33-29(6,7)19-32-28-26(21(4)30-8)17-20(3)18-27(28)22(5)31-9;1-3-5-4-2;1-3-2;2*1-2/h13-18,21-23H,10-12,19H2,1-9H3;3-5H2,1-2H3;3H2,1-2H3;2*1-2H3. The first-order valence-corrected chi connectivity index (χ1v) is 18.1. The molecule has 2 aromatic carbocycles. The molecule has 0 fully saturated rings. The van der Waals surface area contributed by atoms with E-state index in [0.717, 1.165) is 34.6 Å². The highest BCUT2D eigenvalue weighted by Crippen LogP contribution is 2.37. The van der Waals surface area contributed by atoms with Crippen molar-refractivity contribution in [1.82, 2.24) is 0 Å². The monoisotopic (exact) mass is 633 g/mol. The van der Waals surface area contributed by atoms with Gasteiger partial charge in [-0.25, -0.2) is 0 Å². The Labute approximate surface area is 282 Å². The first kappa shape index (κ1) is 47.4. The molecule has 0 saturated carbocycles. The summed E-state index contributed by atoms with van der Waals surface area (Å²) < 4.78 is 24.0. The number of benzene rings is 2. The van der Waals surface area contributed by atoms with E-state index in [2.05, 4.69) is 98.7 Å². The van der Waals surface area contributed by atoms with E-state index in [4.69, 9.17) is 18.9 Å². The van der Waals surface area contributed by atoms with E-state index in [-0.39, 0.29) is 12.2 Å². The predicted molar refractivity (Wildman–Crippen MR) is 200 cm³/mol. The minimum Gasteiger partial charge on any atom is -0.489 e. The highest BCUT2D eigenvalue weighted by Gasteiger charge is 2.26. The zero-order valence-corrected chi connectivity index (χ0v) is 33.0. The van der Waals surface area contributed by atoms with Crippen molar-refractivity contribution >= 4 is 0 Å². The van der Waals surface area contributed by atoms with Crippen LogP contribution in [0.4, 0.5) is 0 Å². The lowest BCUT2D eigenvalue weighted by molar-refractivity contribution is 0.0460. The summed E-state index contributed by atoms with van der Waals surface area (Å²) in [5, 5.41) is 0. The van der Waals surface area contributed by atoms with Crippen LogP contribution in [0.3, 0.4) is 0 Å². The average Bonchev–Trinajstić information content (AvgIpc) is 3.05. The maximum atomic E-state index is 6.43. The quantitative estimate of drug-likeness (QED) is 0.196. The predicted octanol–water partition coefficient (Wildman–Crippen LogP) is 13.6. The lowest BCUT2D eigenvalue weighted by atomic mass is 9.92. The molecular weight excluding hydrogens is 556 g/mol. The highest BCUT2D eigenvalue weighted by molar-refractivity contribution is 5.47. The maximum Gasteiger partial charge on any atom is 0.137 e. The minimum atomic E-state index is -0.513. The van der Waals surface area contributed by atoms with Crippen LogP contribution in [0.1, 0.15) is 182 Å². The van der Waals surface area contributed by atoms with Crippen molar-refractivity contribution in [3.63, 3.8) is 0 Å². The molecule has 2 aromatic rings. The molecule has 0 aromatic heterocycles. The van der Waals surface area contributed by atoms with E-state index in [1.54, 1.807) is 14.2 Å². The number of rotatable bonds is 15. The summed E-state index contributed by atoms with van der Waals surface area (Å²) in [6, 6.07) is 12.8. The SMILES string of the molecule is CC.CC.CCC.CCCC(CC)c1ccc(OC(C)(C)COc2c(C(C)OC)cc(C)cc2C(C)OC)cc1.CCCCC. The van der Waals surface area contributed by atoms with Gasteiger partial charge in [-0.15, -0.1) is 0 Å². The Morgan fingerprint density at radius 2 is 1.16 bits per heavy atom. The molecule has 4 heteroatoms. The van der Waals surface area contributed by atoms with Gasteiger partial charge in [0.05, 0.1) is 12.2 Å². The molecule has 0 aliphatic rings. The molecule has 3 atom stereocenters. The van der Waals surface area contributed by atoms with Crippen LogP contribution in [0.15, 0.2) is 36.4 Å². The van der Waals surface area contributed by atoms with Gasteiger partial charge >= 0.3 is 0 Å². The fourth-order valence-corrected chi connectivity index (χ4v) is 4.57. The Morgan fingerprint density at radius 3 is 1.49 bits per heavy atom. The third-order valence-electron chi connectivity index (χ3n) is 7.02. The molecule has 0 heterocycles. The minimum absolute atomic E-state index is 0.0890. The number of hydrogen-bond donors (Lipinski definition) is 0. The molecule has 0 aliphatic heterocycles. The Bertz CT molecular complexity index is 887. The largest absolute Gasteiger partial charge is 0.489 e. The van der Waals surface area contributed by atoms with Gasteiger partial charge in [0, 0.05) is 25.3 Å². The van der Waals surface area contributed by atoms with Crippen LogP contribution in [0.2, 0.25) is 0 Å². The Hall–Kier alpha value is -2.04. The molecule has 0 spiro atoms. The van der Waals surface area contributed by atoms with Gasteiger partial charge in [-0.1, -0.05) is 119 Å². The van der Waals surface area contributed by atoms with Crippen molar-refractivity contribution in [3.05, 3.63) is 58.7 Å². The van der Waals surface area contributed by atoms with E-state index < -0.39 is 5.60 Å². The fraction of sp³-hybridized carbons (Fsp3) is 0.707. The summed E-state index contributed by atoms with van der Waals surface area (Å²) in [5.41, 5.74) is 4.08. The maximum absolute atomic E-state index is 6.43. The highest BCUT2D eigenvalue weighted by atomic mass is 16.5. The Kier molecular flexibility index (Phi) is 30.9. The average molecular weight is 633 g/mol. The molecule has 264 valence electrons. The van der Waals surface area contributed by atoms with Crippen molar-refractivity contribution in [3.8, 4) is 11.5 Å². The topological polar surface area (TPSA) is 36.9 Å². The van der Waals surface area contributed by atoms with Crippen LogP contribution < -0.4 is 9.47 Å². The van der Waals surface area contributed by atoms with Crippen LogP contribution in [0.5, 0.6) is 11.5 Å². The summed E-state index contributed by atoms with van der Waals surface area (Å²) in [6.07, 6.45) is 8.73. The van der Waals surface area contributed by atoms with E-state index in [1.165, 1.54) is 44.1 Å². The number of ether oxygens (including phenoxy) is 4. The van der Waals surface area contributed by atoms with E-state index in [0.29, 0.717) is 12.5 Å². The lowest BCUT2D eigenvalue weighted by Gasteiger charge is -2.29. The summed E-state index contributed by atoms with van der Waals surface area (Å²) >= 11 is 0. The van der Waals surface area contributed by atoms with Crippen molar-refractivity contribution in [2.24, 2.45) is 0 Å². The second kappa shape index (κ2) is 29.4. The second-order valence-electron chi connectivity index (χ2n) is 11.7. The molecule has 2 rings (SSSR count). The van der Waals surface area contributed by atoms with Crippen LogP contribution in [0.25, 0.3) is 0 Å². The molecular formula is C41H76O4. The smallest absolute Gasteiger partial charge is 0.137 e. The molecule has 0 amide bonds. The van der Waals surface area contributed by atoms with Crippen molar-refractivity contribution in [2.75, 3.05) is 20.8 Å². The summed E-state index contributed by atoms with van der Waals surface area (Å²) in [7, 11) is 3.44. The number of hydrogen-bond acceptors (Lipinski definition) is 4. The van der Waals surface area contributed by atoms with Gasteiger partial charge in [0.15, 0.2) is 0 Å². The Morgan fingerprint density at radius 1 is 0.711 bits per heavy atom. The second-order valence-corrected chi connectivity index (χ2v) is 11.7. The molecule has 0 N–H and O–H groups in total. The molecule has 0 radical (unpaired) electrons. The van der Waals surface area contributed by atoms with Crippen LogP contribution in [-0.2, 0) is 9.47 Å². The fourth-order valence-electron chi connectivity index (χ4n) is 4.57. The van der Waals surface area contributed by atoms with E-state index in [9.17, 15) is 0 Å². The number of methoxy groups -OCH3 is 2.